The normalized spacial score (nSPS) is 10.6. The molecule has 0 aliphatic rings. The molecule has 0 heterocycles. The first kappa shape index (κ1) is 23.1. The van der Waals surface area contributed by atoms with Crippen LogP contribution in [0.3, 0.4) is 0 Å². The van der Waals surface area contributed by atoms with Crippen molar-refractivity contribution in [1.82, 2.24) is 0 Å². The van der Waals surface area contributed by atoms with Gasteiger partial charge in [0.2, 0.25) is 0 Å². The SMILES string of the molecule is CCCCCCCCOC(=O)CCCC(=O)Oc1cc(Cl)c(Cl)c(Cl)c1. The second kappa shape index (κ2) is 13.2. The smallest absolute Gasteiger partial charge is 0.311 e. The average Bonchev–Trinajstić information content (AvgIpc) is 2.58. The van der Waals surface area contributed by atoms with Gasteiger partial charge in [-0.3, -0.25) is 9.59 Å². The number of esters is 2. The first-order chi connectivity index (χ1) is 12.4. The van der Waals surface area contributed by atoms with Crippen molar-refractivity contribution in [1.29, 1.82) is 0 Å². The highest BCUT2D eigenvalue weighted by molar-refractivity contribution is 6.48. The number of hydrogen-bond acceptors (Lipinski definition) is 4. The molecule has 26 heavy (non-hydrogen) atoms. The minimum Gasteiger partial charge on any atom is -0.466 e. The molecule has 0 saturated heterocycles. The number of unbranched alkanes of at least 4 members (excludes halogenated alkanes) is 5. The Morgan fingerprint density at radius 2 is 1.42 bits per heavy atom. The Kier molecular flexibility index (Phi) is 11.7. The summed E-state index contributed by atoms with van der Waals surface area (Å²) in [7, 11) is 0. The molecule has 1 aromatic rings. The van der Waals surface area contributed by atoms with Gasteiger partial charge in [0.05, 0.1) is 21.7 Å². The molecule has 0 fully saturated rings. The Morgan fingerprint density at radius 3 is 2.08 bits per heavy atom. The third kappa shape index (κ3) is 9.65. The number of ether oxygens (including phenoxy) is 2. The van der Waals surface area contributed by atoms with E-state index in [2.05, 4.69) is 6.92 Å². The largest absolute Gasteiger partial charge is 0.466 e. The molecule has 0 aromatic heterocycles. The molecular weight excluding hydrogens is 399 g/mol. The fourth-order valence-corrected chi connectivity index (χ4v) is 2.87. The van der Waals surface area contributed by atoms with Gasteiger partial charge in [-0.25, -0.2) is 0 Å². The van der Waals surface area contributed by atoms with E-state index in [9.17, 15) is 9.59 Å². The lowest BCUT2D eigenvalue weighted by Crippen LogP contribution is -2.10. The zero-order chi connectivity index (χ0) is 19.4. The minimum atomic E-state index is -0.469. The Hall–Kier alpha value is -0.970. The van der Waals surface area contributed by atoms with E-state index in [1.165, 1.54) is 37.8 Å². The lowest BCUT2D eigenvalue weighted by Gasteiger charge is -2.07. The van der Waals surface area contributed by atoms with Gasteiger partial charge in [-0.15, -0.1) is 0 Å². The Bertz CT molecular complexity index is 567. The molecule has 0 N–H and O–H groups in total. The molecule has 0 aliphatic carbocycles. The number of halogens is 3. The van der Waals surface area contributed by atoms with Gasteiger partial charge in [0, 0.05) is 25.0 Å². The predicted octanol–water partition coefficient (Wildman–Crippen LogP) is 6.63. The molecular formula is C19H25Cl3O4. The highest BCUT2D eigenvalue weighted by Crippen LogP contribution is 2.34. The van der Waals surface area contributed by atoms with Gasteiger partial charge in [0.25, 0.3) is 0 Å². The fourth-order valence-electron chi connectivity index (χ4n) is 2.29. The monoisotopic (exact) mass is 422 g/mol. The average molecular weight is 424 g/mol. The van der Waals surface area contributed by atoms with Crippen molar-refractivity contribution in [2.24, 2.45) is 0 Å². The van der Waals surface area contributed by atoms with Crippen molar-refractivity contribution in [2.75, 3.05) is 6.61 Å². The molecule has 1 rings (SSSR count). The predicted molar refractivity (Wildman–Crippen MR) is 105 cm³/mol. The van der Waals surface area contributed by atoms with E-state index in [4.69, 9.17) is 44.3 Å². The lowest BCUT2D eigenvalue weighted by atomic mass is 10.1. The van der Waals surface area contributed by atoms with Crippen LogP contribution in [0.25, 0.3) is 0 Å². The summed E-state index contributed by atoms with van der Waals surface area (Å²) in [6.45, 7) is 2.62. The molecule has 146 valence electrons. The third-order valence-corrected chi connectivity index (χ3v) is 4.91. The first-order valence-electron chi connectivity index (χ1n) is 8.95. The highest BCUT2D eigenvalue weighted by atomic mass is 35.5. The molecule has 7 heteroatoms. The summed E-state index contributed by atoms with van der Waals surface area (Å²) in [5.74, 6) is -0.535. The van der Waals surface area contributed by atoms with Crippen LogP contribution in [0.1, 0.15) is 64.7 Å². The van der Waals surface area contributed by atoms with Crippen LogP contribution in [-0.2, 0) is 14.3 Å². The molecule has 0 unspecified atom stereocenters. The van der Waals surface area contributed by atoms with Crippen LogP contribution >= 0.6 is 34.8 Å². The summed E-state index contributed by atoms with van der Waals surface area (Å²) in [4.78, 5) is 23.4. The summed E-state index contributed by atoms with van der Waals surface area (Å²) in [5, 5.41) is 0.627. The van der Waals surface area contributed by atoms with Crippen LogP contribution < -0.4 is 4.74 Å². The van der Waals surface area contributed by atoms with Gasteiger partial charge in [-0.1, -0.05) is 73.8 Å². The van der Waals surface area contributed by atoms with Crippen molar-refractivity contribution in [3.8, 4) is 5.75 Å². The van der Waals surface area contributed by atoms with E-state index < -0.39 is 5.97 Å². The van der Waals surface area contributed by atoms with Crippen LogP contribution in [0.2, 0.25) is 15.1 Å². The maximum atomic E-state index is 11.8. The van der Waals surface area contributed by atoms with E-state index in [1.807, 2.05) is 0 Å². The van der Waals surface area contributed by atoms with E-state index >= 15 is 0 Å². The van der Waals surface area contributed by atoms with Crippen LogP contribution in [0.15, 0.2) is 12.1 Å². The molecule has 4 nitrogen and oxygen atoms in total. The Morgan fingerprint density at radius 1 is 0.846 bits per heavy atom. The van der Waals surface area contributed by atoms with E-state index in [0.717, 1.165) is 12.8 Å². The van der Waals surface area contributed by atoms with Gasteiger partial charge in [0.1, 0.15) is 5.75 Å². The van der Waals surface area contributed by atoms with Gasteiger partial charge < -0.3 is 9.47 Å². The molecule has 0 atom stereocenters. The van der Waals surface area contributed by atoms with Crippen molar-refractivity contribution >= 4 is 46.7 Å². The molecule has 1 aromatic carbocycles. The maximum absolute atomic E-state index is 11.8. The Labute approximate surface area is 170 Å². The summed E-state index contributed by atoms with van der Waals surface area (Å²) >= 11 is 17.6. The molecule has 0 spiro atoms. The zero-order valence-electron chi connectivity index (χ0n) is 15.0. The zero-order valence-corrected chi connectivity index (χ0v) is 17.3. The van der Waals surface area contributed by atoms with Crippen molar-refractivity contribution in [3.05, 3.63) is 27.2 Å². The van der Waals surface area contributed by atoms with Crippen molar-refractivity contribution in [2.45, 2.75) is 64.7 Å². The second-order valence-corrected chi connectivity index (χ2v) is 7.21. The molecule has 0 bridgehead atoms. The maximum Gasteiger partial charge on any atom is 0.311 e. The van der Waals surface area contributed by atoms with Gasteiger partial charge in [0.15, 0.2) is 0 Å². The number of rotatable bonds is 12. The quantitative estimate of drug-likeness (QED) is 0.164. The number of carbonyl (C=O) groups excluding carboxylic acids is 2. The van der Waals surface area contributed by atoms with Crippen LogP contribution in [0, 0.1) is 0 Å². The number of benzene rings is 1. The third-order valence-electron chi connectivity index (χ3n) is 3.71. The highest BCUT2D eigenvalue weighted by Gasteiger charge is 2.11. The number of carbonyl (C=O) groups is 2. The summed E-state index contributed by atoms with van der Waals surface area (Å²) in [6.07, 6.45) is 7.49. The van der Waals surface area contributed by atoms with Gasteiger partial charge in [-0.05, 0) is 12.8 Å². The summed E-state index contributed by atoms with van der Waals surface area (Å²) in [5.41, 5.74) is 0. The minimum absolute atomic E-state index is 0.101. The van der Waals surface area contributed by atoms with Gasteiger partial charge >= 0.3 is 11.9 Å². The first-order valence-corrected chi connectivity index (χ1v) is 10.1. The fraction of sp³-hybridized carbons (Fsp3) is 0.579. The topological polar surface area (TPSA) is 52.6 Å². The summed E-state index contributed by atoms with van der Waals surface area (Å²) < 4.78 is 10.3. The lowest BCUT2D eigenvalue weighted by molar-refractivity contribution is -0.144. The van der Waals surface area contributed by atoms with Crippen LogP contribution in [0.4, 0.5) is 0 Å². The molecule has 0 amide bonds. The Balaban J connectivity index is 2.14. The van der Waals surface area contributed by atoms with Crippen LogP contribution in [0.5, 0.6) is 5.75 Å². The number of hydrogen-bond donors (Lipinski definition) is 0. The van der Waals surface area contributed by atoms with E-state index in [1.54, 1.807) is 0 Å². The molecule has 0 aliphatic heterocycles. The second-order valence-electron chi connectivity index (χ2n) is 6.02. The van der Waals surface area contributed by atoms with Crippen molar-refractivity contribution in [3.63, 3.8) is 0 Å². The van der Waals surface area contributed by atoms with Gasteiger partial charge in [-0.2, -0.15) is 0 Å². The molecule has 0 radical (unpaired) electrons. The standard InChI is InChI=1S/C19H25Cl3O4/c1-2-3-4-5-6-7-11-25-17(23)9-8-10-18(24)26-14-12-15(20)19(22)16(21)13-14/h12-13H,2-11H2,1H3. The van der Waals surface area contributed by atoms with E-state index in [0.29, 0.717) is 13.0 Å². The van der Waals surface area contributed by atoms with E-state index in [-0.39, 0.29) is 39.6 Å². The molecule has 0 saturated carbocycles. The van der Waals surface area contributed by atoms with Crippen molar-refractivity contribution < 1.29 is 19.1 Å². The summed E-state index contributed by atoms with van der Waals surface area (Å²) in [6, 6.07) is 2.84. The van der Waals surface area contributed by atoms with Crippen LogP contribution in [-0.4, -0.2) is 18.5 Å².